The number of nitrogens with zero attached hydrogens (tertiary/aromatic N) is 1. The number of thiazole rings is 1. The molecule has 13 heavy (non-hydrogen) atoms. The number of aliphatic hydroxyl groups excluding tert-OH is 1. The van der Waals surface area contributed by atoms with Gasteiger partial charge in [0.2, 0.25) is 0 Å². The van der Waals surface area contributed by atoms with Crippen LogP contribution in [0.2, 0.25) is 0 Å². The van der Waals surface area contributed by atoms with Crippen molar-refractivity contribution < 1.29 is 5.11 Å². The van der Waals surface area contributed by atoms with Crippen molar-refractivity contribution in [1.82, 2.24) is 10.3 Å². The lowest BCUT2D eigenvalue weighted by molar-refractivity contribution is 0.292. The summed E-state index contributed by atoms with van der Waals surface area (Å²) in [4.78, 5) is 4.03. The summed E-state index contributed by atoms with van der Waals surface area (Å²) in [7, 11) is 0. The largest absolute Gasteiger partial charge is 0.395 e. The number of hydrogen-bond donors (Lipinski definition) is 3. The molecule has 0 aliphatic rings. The molecule has 0 bridgehead atoms. The Morgan fingerprint density at radius 3 is 2.69 bits per heavy atom. The molecule has 4 nitrogen and oxygen atoms in total. The zero-order valence-electron chi connectivity index (χ0n) is 6.90. The van der Waals surface area contributed by atoms with E-state index < -0.39 is 0 Å². The second kappa shape index (κ2) is 8.52. The highest BCUT2D eigenvalue weighted by Crippen LogP contribution is 2.09. The molecule has 0 saturated heterocycles. The topological polar surface area (TPSA) is 71.2 Å². The number of hydrogen-bond acceptors (Lipinski definition) is 5. The number of anilines is 1. The average molecular weight is 246 g/mol. The molecule has 0 aliphatic heterocycles. The molecule has 1 rings (SSSR count). The molecular formula is C6H13Cl2N3OS. The van der Waals surface area contributed by atoms with Gasteiger partial charge in [0.25, 0.3) is 0 Å². The van der Waals surface area contributed by atoms with Crippen LogP contribution in [0.4, 0.5) is 5.13 Å². The van der Waals surface area contributed by atoms with Gasteiger partial charge in [0, 0.05) is 18.5 Å². The van der Waals surface area contributed by atoms with Crippen molar-refractivity contribution in [3.63, 3.8) is 0 Å². The lowest BCUT2D eigenvalue weighted by atomic mass is 10.5. The van der Waals surface area contributed by atoms with Gasteiger partial charge in [0.05, 0.1) is 12.3 Å². The molecule has 78 valence electrons. The summed E-state index contributed by atoms with van der Waals surface area (Å²) in [6, 6.07) is 0. The summed E-state index contributed by atoms with van der Waals surface area (Å²) in [6.45, 7) is 1.42. The minimum absolute atomic E-state index is 0. The zero-order valence-corrected chi connectivity index (χ0v) is 9.34. The molecule has 0 spiro atoms. The minimum atomic E-state index is 0. The van der Waals surface area contributed by atoms with E-state index in [-0.39, 0.29) is 31.4 Å². The van der Waals surface area contributed by atoms with Crippen molar-refractivity contribution in [3.05, 3.63) is 11.1 Å². The Bertz CT molecular complexity index is 221. The van der Waals surface area contributed by atoms with Gasteiger partial charge in [-0.05, 0) is 0 Å². The molecule has 0 fully saturated rings. The number of rotatable bonds is 4. The molecule has 0 atom stereocenters. The van der Waals surface area contributed by atoms with Gasteiger partial charge in [-0.3, -0.25) is 0 Å². The predicted molar refractivity (Wildman–Crippen MR) is 59.8 cm³/mol. The van der Waals surface area contributed by atoms with E-state index in [4.69, 9.17) is 10.8 Å². The SMILES string of the molecule is Cl.Cl.Nc1nc(CNCCO)cs1. The van der Waals surface area contributed by atoms with Crippen LogP contribution < -0.4 is 11.1 Å². The Morgan fingerprint density at radius 1 is 1.54 bits per heavy atom. The fourth-order valence-corrected chi connectivity index (χ4v) is 1.26. The van der Waals surface area contributed by atoms with Gasteiger partial charge in [-0.15, -0.1) is 36.2 Å². The van der Waals surface area contributed by atoms with Crippen LogP contribution >= 0.6 is 36.2 Å². The average Bonchev–Trinajstić information content (AvgIpc) is 2.37. The summed E-state index contributed by atoms with van der Waals surface area (Å²) in [6.07, 6.45) is 0. The van der Waals surface area contributed by atoms with Crippen LogP contribution in [0.25, 0.3) is 0 Å². The molecule has 1 heterocycles. The lowest BCUT2D eigenvalue weighted by Gasteiger charge is -1.96. The normalized spacial score (nSPS) is 8.69. The smallest absolute Gasteiger partial charge is 0.180 e. The van der Waals surface area contributed by atoms with Crippen LogP contribution in [-0.4, -0.2) is 23.2 Å². The number of nitrogens with two attached hydrogens (primary N) is 1. The third-order valence-electron chi connectivity index (χ3n) is 1.16. The summed E-state index contributed by atoms with van der Waals surface area (Å²) in [5, 5.41) is 13.9. The number of halogens is 2. The van der Waals surface area contributed by atoms with Crippen molar-refractivity contribution in [2.24, 2.45) is 0 Å². The Morgan fingerprint density at radius 2 is 2.23 bits per heavy atom. The van der Waals surface area contributed by atoms with E-state index in [1.807, 2.05) is 5.38 Å². The Labute approximate surface area is 93.4 Å². The van der Waals surface area contributed by atoms with E-state index in [9.17, 15) is 0 Å². The van der Waals surface area contributed by atoms with E-state index >= 15 is 0 Å². The van der Waals surface area contributed by atoms with Crippen molar-refractivity contribution in [3.8, 4) is 0 Å². The van der Waals surface area contributed by atoms with E-state index in [2.05, 4.69) is 10.3 Å². The Hall–Kier alpha value is -0.0700. The van der Waals surface area contributed by atoms with Crippen LogP contribution in [0.15, 0.2) is 5.38 Å². The summed E-state index contributed by atoms with van der Waals surface area (Å²) in [5.74, 6) is 0. The van der Waals surface area contributed by atoms with Gasteiger partial charge in [-0.25, -0.2) is 4.98 Å². The predicted octanol–water partition coefficient (Wildman–Crippen LogP) is 0.651. The Balaban J connectivity index is 0. The van der Waals surface area contributed by atoms with Crippen LogP contribution in [0.3, 0.4) is 0 Å². The monoisotopic (exact) mass is 245 g/mol. The highest BCUT2D eigenvalue weighted by atomic mass is 35.5. The van der Waals surface area contributed by atoms with Crippen molar-refractivity contribution >= 4 is 41.3 Å². The standard InChI is InChI=1S/C6H11N3OS.2ClH/c7-6-9-5(4-11-6)3-8-1-2-10;;/h4,8,10H,1-3H2,(H2,7,9);2*1H. The lowest BCUT2D eigenvalue weighted by Crippen LogP contribution is -2.17. The molecule has 0 saturated carbocycles. The quantitative estimate of drug-likeness (QED) is 0.682. The van der Waals surface area contributed by atoms with Crippen molar-refractivity contribution in [2.75, 3.05) is 18.9 Å². The van der Waals surface area contributed by atoms with Gasteiger partial charge in [0.1, 0.15) is 0 Å². The molecule has 4 N–H and O–H groups in total. The molecule has 1 aromatic heterocycles. The van der Waals surface area contributed by atoms with Crippen molar-refractivity contribution in [2.45, 2.75) is 6.54 Å². The first-order chi connectivity index (χ1) is 5.33. The van der Waals surface area contributed by atoms with Crippen LogP contribution in [0.1, 0.15) is 5.69 Å². The highest BCUT2D eigenvalue weighted by Gasteiger charge is 1.96. The first kappa shape index (κ1) is 15.4. The van der Waals surface area contributed by atoms with Gasteiger partial charge < -0.3 is 16.2 Å². The molecule has 0 unspecified atom stereocenters. The number of nitrogen functional groups attached to an aromatic ring is 1. The first-order valence-corrected chi connectivity index (χ1v) is 4.22. The molecule has 0 aliphatic carbocycles. The summed E-state index contributed by atoms with van der Waals surface area (Å²) < 4.78 is 0. The molecule has 0 aromatic carbocycles. The third kappa shape index (κ3) is 6.06. The maximum Gasteiger partial charge on any atom is 0.180 e. The third-order valence-corrected chi connectivity index (χ3v) is 1.89. The maximum atomic E-state index is 8.44. The zero-order chi connectivity index (χ0) is 8.10. The number of nitrogens with one attached hydrogen (secondary N) is 1. The molecule has 0 radical (unpaired) electrons. The molecule has 0 amide bonds. The maximum absolute atomic E-state index is 8.44. The van der Waals surface area contributed by atoms with Crippen LogP contribution in [0, 0.1) is 0 Å². The second-order valence-electron chi connectivity index (χ2n) is 2.08. The second-order valence-corrected chi connectivity index (χ2v) is 2.97. The molecule has 1 aromatic rings. The van der Waals surface area contributed by atoms with Gasteiger partial charge in [-0.1, -0.05) is 0 Å². The van der Waals surface area contributed by atoms with Crippen molar-refractivity contribution in [1.29, 1.82) is 0 Å². The van der Waals surface area contributed by atoms with E-state index in [1.54, 1.807) is 0 Å². The number of aromatic nitrogens is 1. The first-order valence-electron chi connectivity index (χ1n) is 3.34. The minimum Gasteiger partial charge on any atom is -0.395 e. The van der Waals surface area contributed by atoms with Gasteiger partial charge >= 0.3 is 0 Å². The fourth-order valence-electron chi connectivity index (χ4n) is 0.699. The molecule has 7 heteroatoms. The van der Waals surface area contributed by atoms with E-state index in [1.165, 1.54) is 11.3 Å². The van der Waals surface area contributed by atoms with E-state index in [0.29, 0.717) is 18.2 Å². The number of aliphatic hydroxyl groups is 1. The van der Waals surface area contributed by atoms with Gasteiger partial charge in [0.15, 0.2) is 5.13 Å². The summed E-state index contributed by atoms with van der Waals surface area (Å²) >= 11 is 1.43. The molecular weight excluding hydrogens is 233 g/mol. The Kier molecular flexibility index (Phi) is 10.1. The van der Waals surface area contributed by atoms with Crippen LogP contribution in [0.5, 0.6) is 0 Å². The van der Waals surface area contributed by atoms with Crippen LogP contribution in [-0.2, 0) is 6.54 Å². The van der Waals surface area contributed by atoms with Gasteiger partial charge in [-0.2, -0.15) is 0 Å². The highest BCUT2D eigenvalue weighted by molar-refractivity contribution is 7.13. The fraction of sp³-hybridized carbons (Fsp3) is 0.500. The van der Waals surface area contributed by atoms with E-state index in [0.717, 1.165) is 5.69 Å². The summed E-state index contributed by atoms with van der Waals surface area (Å²) in [5.41, 5.74) is 6.34.